The van der Waals surface area contributed by atoms with Crippen LogP contribution in [0.3, 0.4) is 0 Å². The van der Waals surface area contributed by atoms with Crippen molar-refractivity contribution in [2.75, 3.05) is 11.9 Å². The largest absolute Gasteiger partial charge is 0.355 e. The van der Waals surface area contributed by atoms with Crippen LogP contribution >= 0.6 is 0 Å². The number of hydrogen-bond acceptors (Lipinski definition) is 4. The van der Waals surface area contributed by atoms with Crippen molar-refractivity contribution < 1.29 is 9.59 Å². The van der Waals surface area contributed by atoms with Crippen molar-refractivity contribution in [3.05, 3.63) is 101 Å². The second kappa shape index (κ2) is 9.74. The molecule has 0 atom stereocenters. The predicted molar refractivity (Wildman–Crippen MR) is 121 cm³/mol. The van der Waals surface area contributed by atoms with Gasteiger partial charge in [0, 0.05) is 24.8 Å². The van der Waals surface area contributed by atoms with Crippen molar-refractivity contribution in [2.24, 2.45) is 0 Å². The zero-order valence-electron chi connectivity index (χ0n) is 17.4. The lowest BCUT2D eigenvalue weighted by molar-refractivity contribution is -0.120. The van der Waals surface area contributed by atoms with Gasteiger partial charge in [-0.1, -0.05) is 48.5 Å². The van der Waals surface area contributed by atoms with Crippen LogP contribution in [-0.2, 0) is 22.6 Å². The third-order valence-corrected chi connectivity index (χ3v) is 4.91. The summed E-state index contributed by atoms with van der Waals surface area (Å²) >= 11 is 0. The Balaban J connectivity index is 1.29. The molecule has 0 radical (unpaired) electrons. The maximum absolute atomic E-state index is 12.4. The molecule has 2 aromatic heterocycles. The normalized spacial score (nSPS) is 10.8. The van der Waals surface area contributed by atoms with E-state index in [0.29, 0.717) is 17.9 Å². The van der Waals surface area contributed by atoms with Gasteiger partial charge in [-0.15, -0.1) is 5.10 Å². The molecular weight excluding hydrogens is 406 g/mol. The fraction of sp³-hybridized carbons (Fsp3) is 0.167. The van der Waals surface area contributed by atoms with Gasteiger partial charge in [-0.2, -0.15) is 0 Å². The summed E-state index contributed by atoms with van der Waals surface area (Å²) in [7, 11) is 0. The molecule has 0 saturated heterocycles. The SMILES string of the molecule is O=C(Cc1ccccc1)NCCC(=O)Nc1cccc(Cn2nc3ccccn3c2=O)c1. The molecule has 0 aliphatic rings. The van der Waals surface area contributed by atoms with Crippen LogP contribution in [0.5, 0.6) is 0 Å². The number of aromatic nitrogens is 3. The lowest BCUT2D eigenvalue weighted by atomic mass is 10.1. The van der Waals surface area contributed by atoms with E-state index in [1.54, 1.807) is 24.4 Å². The molecule has 0 spiro atoms. The molecule has 8 heteroatoms. The Morgan fingerprint density at radius 2 is 1.66 bits per heavy atom. The first-order chi connectivity index (χ1) is 15.6. The minimum atomic E-state index is -0.221. The molecule has 0 aliphatic heterocycles. The van der Waals surface area contributed by atoms with Gasteiger partial charge in [0.25, 0.3) is 0 Å². The molecule has 0 aliphatic carbocycles. The number of benzene rings is 2. The Hall–Kier alpha value is -4.20. The van der Waals surface area contributed by atoms with Crippen LogP contribution in [0.15, 0.2) is 83.8 Å². The molecule has 0 bridgehead atoms. The van der Waals surface area contributed by atoms with Crippen molar-refractivity contribution >= 4 is 23.1 Å². The number of hydrogen-bond donors (Lipinski definition) is 2. The Labute approximate surface area is 184 Å². The summed E-state index contributed by atoms with van der Waals surface area (Å²) < 4.78 is 2.87. The van der Waals surface area contributed by atoms with Crippen LogP contribution in [0.4, 0.5) is 5.69 Å². The lowest BCUT2D eigenvalue weighted by Crippen LogP contribution is -2.28. The van der Waals surface area contributed by atoms with Crippen LogP contribution in [0.1, 0.15) is 17.5 Å². The lowest BCUT2D eigenvalue weighted by Gasteiger charge is -2.08. The van der Waals surface area contributed by atoms with Gasteiger partial charge in [0.05, 0.1) is 13.0 Å². The van der Waals surface area contributed by atoms with Crippen LogP contribution < -0.4 is 16.3 Å². The smallest absolute Gasteiger partial charge is 0.350 e. The summed E-state index contributed by atoms with van der Waals surface area (Å²) in [4.78, 5) is 36.7. The minimum absolute atomic E-state index is 0.121. The number of carbonyl (C=O) groups excluding carboxylic acids is 2. The van der Waals surface area contributed by atoms with E-state index in [9.17, 15) is 14.4 Å². The standard InChI is InChI=1S/C24H23N5O3/c30-22(12-13-25-23(31)16-18-7-2-1-3-8-18)26-20-10-6-9-19(15-20)17-29-24(32)28-14-5-4-11-21(28)27-29/h1-11,14-15H,12-13,16-17H2,(H,25,31)(H,26,30). The van der Waals surface area contributed by atoms with Crippen LogP contribution in [0.25, 0.3) is 5.65 Å². The van der Waals surface area contributed by atoms with Crippen molar-refractivity contribution in [1.82, 2.24) is 19.5 Å². The maximum Gasteiger partial charge on any atom is 0.350 e. The molecule has 32 heavy (non-hydrogen) atoms. The molecule has 2 aromatic carbocycles. The Bertz CT molecular complexity index is 1290. The van der Waals surface area contributed by atoms with Crippen LogP contribution in [0.2, 0.25) is 0 Å². The van der Waals surface area contributed by atoms with Gasteiger partial charge in [0.1, 0.15) is 0 Å². The second-order valence-electron chi connectivity index (χ2n) is 7.38. The zero-order chi connectivity index (χ0) is 22.3. The van der Waals surface area contributed by atoms with Crippen LogP contribution in [-0.4, -0.2) is 32.5 Å². The first kappa shape index (κ1) is 21.0. The summed E-state index contributed by atoms with van der Waals surface area (Å²) in [5, 5.41) is 9.92. The molecule has 0 fully saturated rings. The van der Waals surface area contributed by atoms with Crippen molar-refractivity contribution in [3.63, 3.8) is 0 Å². The highest BCUT2D eigenvalue weighted by Crippen LogP contribution is 2.12. The zero-order valence-corrected chi connectivity index (χ0v) is 17.4. The number of carbonyl (C=O) groups is 2. The van der Waals surface area contributed by atoms with Gasteiger partial charge >= 0.3 is 5.69 Å². The van der Waals surface area contributed by atoms with E-state index in [1.165, 1.54) is 9.08 Å². The summed E-state index contributed by atoms with van der Waals surface area (Å²) in [5.74, 6) is -0.323. The third kappa shape index (κ3) is 5.28. The second-order valence-corrected chi connectivity index (χ2v) is 7.38. The molecule has 2 N–H and O–H groups in total. The van der Waals surface area contributed by atoms with Gasteiger partial charge < -0.3 is 10.6 Å². The molecule has 8 nitrogen and oxygen atoms in total. The van der Waals surface area contributed by atoms with Crippen molar-refractivity contribution in [3.8, 4) is 0 Å². The highest BCUT2D eigenvalue weighted by atomic mass is 16.2. The average Bonchev–Trinajstić information content (AvgIpc) is 3.10. The Morgan fingerprint density at radius 3 is 2.47 bits per heavy atom. The van der Waals surface area contributed by atoms with E-state index in [0.717, 1.165) is 11.1 Å². The molecular formula is C24H23N5O3. The van der Waals surface area contributed by atoms with Gasteiger partial charge in [-0.3, -0.25) is 14.0 Å². The number of amides is 2. The number of nitrogens with zero attached hydrogens (tertiary/aromatic N) is 3. The maximum atomic E-state index is 12.4. The summed E-state index contributed by atoms with van der Waals surface area (Å²) in [6.45, 7) is 0.549. The van der Waals surface area contributed by atoms with E-state index in [-0.39, 0.29) is 36.9 Å². The molecule has 4 aromatic rings. The highest BCUT2D eigenvalue weighted by Gasteiger charge is 2.09. The summed E-state index contributed by atoms with van der Waals surface area (Å²) in [6.07, 6.45) is 2.13. The predicted octanol–water partition coefficient (Wildman–Crippen LogP) is 2.23. The van der Waals surface area contributed by atoms with E-state index < -0.39 is 0 Å². The highest BCUT2D eigenvalue weighted by molar-refractivity contribution is 5.91. The van der Waals surface area contributed by atoms with Gasteiger partial charge in [-0.25, -0.2) is 9.48 Å². The van der Waals surface area contributed by atoms with Crippen molar-refractivity contribution in [1.29, 1.82) is 0 Å². The fourth-order valence-electron chi connectivity index (χ4n) is 3.37. The molecule has 0 saturated carbocycles. The molecule has 2 heterocycles. The number of rotatable bonds is 8. The van der Waals surface area contributed by atoms with E-state index in [4.69, 9.17) is 0 Å². The molecule has 0 unspecified atom stereocenters. The van der Waals surface area contributed by atoms with Gasteiger partial charge in [0.2, 0.25) is 11.8 Å². The number of nitrogens with one attached hydrogen (secondary N) is 2. The quantitative estimate of drug-likeness (QED) is 0.449. The topological polar surface area (TPSA) is 97.5 Å². The Morgan fingerprint density at radius 1 is 0.875 bits per heavy atom. The third-order valence-electron chi connectivity index (χ3n) is 4.91. The van der Waals surface area contributed by atoms with Crippen LogP contribution in [0, 0.1) is 0 Å². The first-order valence-electron chi connectivity index (χ1n) is 10.3. The van der Waals surface area contributed by atoms with E-state index in [2.05, 4.69) is 15.7 Å². The average molecular weight is 429 g/mol. The number of pyridine rings is 1. The fourth-order valence-corrected chi connectivity index (χ4v) is 3.37. The summed E-state index contributed by atoms with van der Waals surface area (Å²) in [5.41, 5.74) is 2.75. The molecule has 2 amide bonds. The number of fused-ring (bicyclic) bond motifs is 1. The van der Waals surface area contributed by atoms with E-state index >= 15 is 0 Å². The minimum Gasteiger partial charge on any atom is -0.355 e. The molecule has 4 rings (SSSR count). The molecule has 162 valence electrons. The van der Waals surface area contributed by atoms with Gasteiger partial charge in [-0.05, 0) is 35.4 Å². The summed E-state index contributed by atoms with van der Waals surface area (Å²) in [6, 6.07) is 22.1. The van der Waals surface area contributed by atoms with E-state index in [1.807, 2.05) is 54.6 Å². The van der Waals surface area contributed by atoms with Gasteiger partial charge in [0.15, 0.2) is 5.65 Å². The van der Waals surface area contributed by atoms with Crippen molar-refractivity contribution in [2.45, 2.75) is 19.4 Å². The number of anilines is 1. The Kier molecular flexibility index (Phi) is 6.41. The monoisotopic (exact) mass is 429 g/mol. The first-order valence-corrected chi connectivity index (χ1v) is 10.3.